The highest BCUT2D eigenvalue weighted by atomic mass is 32.2. The third kappa shape index (κ3) is 0.706. The van der Waals surface area contributed by atoms with Crippen molar-refractivity contribution in [3.8, 4) is 0 Å². The van der Waals surface area contributed by atoms with Gasteiger partial charge in [0.25, 0.3) is 0 Å². The standard InChI is InChI=1S/C5H4N2O2S/c8-10-3-7-5-4(10)1-9-2-6-5/h1-2H,3H2. The number of hydrogen-bond donors (Lipinski definition) is 0. The molecule has 10 heavy (non-hydrogen) atoms. The van der Waals surface area contributed by atoms with Crippen LogP contribution in [-0.2, 0) is 15.5 Å². The van der Waals surface area contributed by atoms with Crippen molar-refractivity contribution in [3.63, 3.8) is 0 Å². The van der Waals surface area contributed by atoms with Gasteiger partial charge >= 0.3 is 0 Å². The molecule has 1 unspecified atom stereocenters. The third-order valence-corrected chi connectivity index (χ3v) is 2.34. The summed E-state index contributed by atoms with van der Waals surface area (Å²) < 4.78 is 15.7. The van der Waals surface area contributed by atoms with Crippen molar-refractivity contribution in [2.24, 2.45) is 9.98 Å². The first-order chi connectivity index (χ1) is 4.88. The number of nitrogens with zero attached hydrogens (tertiary/aromatic N) is 2. The van der Waals surface area contributed by atoms with Gasteiger partial charge in [0.2, 0.25) is 0 Å². The van der Waals surface area contributed by atoms with E-state index in [0.717, 1.165) is 0 Å². The molecule has 0 aromatic rings. The fourth-order valence-corrected chi connectivity index (χ4v) is 1.61. The molecule has 2 rings (SSSR count). The summed E-state index contributed by atoms with van der Waals surface area (Å²) in [6, 6.07) is 0. The van der Waals surface area contributed by atoms with Crippen LogP contribution in [0.15, 0.2) is 21.2 Å². The summed E-state index contributed by atoms with van der Waals surface area (Å²) in [5, 5.41) is 0. The molecule has 0 radical (unpaired) electrons. The smallest absolute Gasteiger partial charge is 0.182 e. The minimum absolute atomic E-state index is 0.321. The molecule has 0 fully saturated rings. The van der Waals surface area contributed by atoms with E-state index in [2.05, 4.69) is 9.98 Å². The molecule has 4 nitrogen and oxygen atoms in total. The highest BCUT2D eigenvalue weighted by Crippen LogP contribution is 2.16. The summed E-state index contributed by atoms with van der Waals surface area (Å²) in [6.45, 7) is 0. The maximum Gasteiger partial charge on any atom is 0.182 e. The van der Waals surface area contributed by atoms with Gasteiger partial charge in [-0.2, -0.15) is 4.99 Å². The summed E-state index contributed by atoms with van der Waals surface area (Å²) in [4.78, 5) is 8.29. The van der Waals surface area contributed by atoms with Gasteiger partial charge in [0.1, 0.15) is 17.0 Å². The highest BCUT2D eigenvalue weighted by molar-refractivity contribution is 7.90. The van der Waals surface area contributed by atoms with Gasteiger partial charge in [-0.25, -0.2) is 0 Å². The molecule has 2 aliphatic rings. The Morgan fingerprint density at radius 2 is 2.60 bits per heavy atom. The topological polar surface area (TPSA) is 51.0 Å². The Kier molecular flexibility index (Phi) is 1.17. The molecule has 1 atom stereocenters. The zero-order valence-electron chi connectivity index (χ0n) is 4.98. The largest absolute Gasteiger partial charge is 0.452 e. The Balaban J connectivity index is 2.44. The second-order valence-electron chi connectivity index (χ2n) is 1.81. The van der Waals surface area contributed by atoms with Crippen LogP contribution in [0, 0.1) is 0 Å². The summed E-state index contributed by atoms with van der Waals surface area (Å²) in [5.74, 6) is 0.867. The minimum atomic E-state index is -1.02. The SMILES string of the molecule is O=S1CN=C2N=COC=C21. The Morgan fingerprint density at radius 1 is 1.70 bits per heavy atom. The molecule has 0 N–H and O–H groups in total. The normalized spacial score (nSPS) is 28.6. The van der Waals surface area contributed by atoms with Crippen LogP contribution < -0.4 is 0 Å². The average Bonchev–Trinajstić information content (AvgIpc) is 2.34. The molecule has 5 heteroatoms. The predicted octanol–water partition coefficient (Wildman–Crippen LogP) is 0.00460. The number of rotatable bonds is 0. The Bertz CT molecular complexity index is 279. The first-order valence-corrected chi connectivity index (χ1v) is 4.01. The van der Waals surface area contributed by atoms with E-state index in [1.807, 2.05) is 0 Å². The average molecular weight is 156 g/mol. The molecule has 0 amide bonds. The lowest BCUT2D eigenvalue weighted by Gasteiger charge is -2.00. The van der Waals surface area contributed by atoms with Crippen LogP contribution in [0.5, 0.6) is 0 Å². The second kappa shape index (κ2) is 2.02. The van der Waals surface area contributed by atoms with Gasteiger partial charge in [-0.05, 0) is 0 Å². The van der Waals surface area contributed by atoms with Gasteiger partial charge in [-0.1, -0.05) is 0 Å². The molecule has 0 saturated carbocycles. The Labute approximate surface area is 59.8 Å². The molecule has 0 spiro atoms. The van der Waals surface area contributed by atoms with Crippen molar-refractivity contribution < 1.29 is 8.95 Å². The first-order valence-electron chi connectivity index (χ1n) is 2.69. The number of hydrogen-bond acceptors (Lipinski definition) is 4. The molecule has 0 aliphatic carbocycles. The Hall–Kier alpha value is -0.970. The second-order valence-corrected chi connectivity index (χ2v) is 3.20. The van der Waals surface area contributed by atoms with E-state index in [1.54, 1.807) is 0 Å². The fourth-order valence-electron chi connectivity index (χ4n) is 0.752. The van der Waals surface area contributed by atoms with Gasteiger partial charge < -0.3 is 4.74 Å². The Morgan fingerprint density at radius 3 is 3.40 bits per heavy atom. The molecule has 2 heterocycles. The van der Waals surface area contributed by atoms with Crippen LogP contribution in [0.4, 0.5) is 0 Å². The summed E-state index contributed by atoms with van der Waals surface area (Å²) >= 11 is 0. The number of ether oxygens (including phenoxy) is 1. The van der Waals surface area contributed by atoms with Crippen molar-refractivity contribution in [2.45, 2.75) is 0 Å². The van der Waals surface area contributed by atoms with Gasteiger partial charge in [-0.15, -0.1) is 0 Å². The lowest BCUT2D eigenvalue weighted by molar-refractivity contribution is 0.490. The van der Waals surface area contributed by atoms with Crippen molar-refractivity contribution in [3.05, 3.63) is 11.2 Å². The van der Waals surface area contributed by atoms with Gasteiger partial charge in [0, 0.05) is 0 Å². The van der Waals surface area contributed by atoms with Gasteiger partial charge in [0.15, 0.2) is 12.2 Å². The molecule has 0 saturated heterocycles. The molecular formula is C5H4N2O2S. The molecule has 0 bridgehead atoms. The van der Waals surface area contributed by atoms with Gasteiger partial charge in [0.05, 0.1) is 10.8 Å². The maximum atomic E-state index is 11.0. The van der Waals surface area contributed by atoms with Crippen molar-refractivity contribution in [2.75, 3.05) is 5.88 Å². The van der Waals surface area contributed by atoms with E-state index in [9.17, 15) is 4.21 Å². The van der Waals surface area contributed by atoms with Crippen LogP contribution in [0.2, 0.25) is 0 Å². The number of amidine groups is 1. The number of fused-ring (bicyclic) bond motifs is 1. The fraction of sp³-hybridized carbons (Fsp3) is 0.200. The van der Waals surface area contributed by atoms with Crippen molar-refractivity contribution in [1.82, 2.24) is 0 Å². The molecule has 0 aromatic carbocycles. The quantitative estimate of drug-likeness (QED) is 0.496. The molecular weight excluding hydrogens is 152 g/mol. The molecule has 0 aromatic heterocycles. The van der Waals surface area contributed by atoms with Crippen LogP contribution >= 0.6 is 0 Å². The van der Waals surface area contributed by atoms with Crippen molar-refractivity contribution in [1.29, 1.82) is 0 Å². The monoisotopic (exact) mass is 156 g/mol. The van der Waals surface area contributed by atoms with Crippen molar-refractivity contribution >= 4 is 23.0 Å². The first kappa shape index (κ1) is 5.79. The summed E-state index contributed by atoms with van der Waals surface area (Å²) in [7, 11) is -1.02. The maximum absolute atomic E-state index is 11.0. The summed E-state index contributed by atoms with van der Waals surface area (Å²) in [5.41, 5.74) is 0. The van der Waals surface area contributed by atoms with Crippen LogP contribution in [0.3, 0.4) is 0 Å². The lowest BCUT2D eigenvalue weighted by atomic mass is 10.5. The van der Waals surface area contributed by atoms with Gasteiger partial charge in [-0.3, -0.25) is 9.20 Å². The highest BCUT2D eigenvalue weighted by Gasteiger charge is 2.22. The summed E-state index contributed by atoms with van der Waals surface area (Å²) in [6.07, 6.45) is 2.71. The van der Waals surface area contributed by atoms with Crippen LogP contribution in [0.1, 0.15) is 0 Å². The zero-order chi connectivity index (χ0) is 6.97. The van der Waals surface area contributed by atoms with Crippen LogP contribution in [0.25, 0.3) is 0 Å². The zero-order valence-corrected chi connectivity index (χ0v) is 5.80. The predicted molar refractivity (Wildman–Crippen MR) is 38.1 cm³/mol. The van der Waals surface area contributed by atoms with E-state index >= 15 is 0 Å². The van der Waals surface area contributed by atoms with Crippen LogP contribution in [-0.4, -0.2) is 22.3 Å². The van der Waals surface area contributed by atoms with E-state index in [4.69, 9.17) is 4.74 Å². The van der Waals surface area contributed by atoms with E-state index < -0.39 is 10.8 Å². The lowest BCUT2D eigenvalue weighted by Crippen LogP contribution is -2.04. The molecule has 52 valence electrons. The van der Waals surface area contributed by atoms with E-state index in [-0.39, 0.29) is 0 Å². The third-order valence-electron chi connectivity index (χ3n) is 1.21. The van der Waals surface area contributed by atoms with E-state index in [1.165, 1.54) is 12.7 Å². The van der Waals surface area contributed by atoms with E-state index in [0.29, 0.717) is 16.6 Å². The minimum Gasteiger partial charge on any atom is -0.452 e. The molecule has 2 aliphatic heterocycles. The number of aliphatic imine (C=N–C) groups is 2.